The van der Waals surface area contributed by atoms with E-state index in [2.05, 4.69) is 76.1 Å². The molecule has 3 rings (SSSR count). The zero-order chi connectivity index (χ0) is 15.3. The van der Waals surface area contributed by atoms with Gasteiger partial charge in [0.1, 0.15) is 5.84 Å². The first-order valence-corrected chi connectivity index (χ1v) is 7.74. The number of nitrogens with zero attached hydrogens (tertiary/aromatic N) is 2. The number of benzene rings is 1. The van der Waals surface area contributed by atoms with Crippen molar-refractivity contribution < 1.29 is 0 Å². The monoisotopic (exact) mass is 280 g/mol. The third kappa shape index (κ3) is 2.14. The first-order valence-electron chi connectivity index (χ1n) is 7.74. The van der Waals surface area contributed by atoms with E-state index in [0.717, 1.165) is 12.3 Å². The van der Waals surface area contributed by atoms with E-state index in [9.17, 15) is 0 Å². The van der Waals surface area contributed by atoms with Crippen molar-refractivity contribution in [1.82, 2.24) is 4.90 Å². The summed E-state index contributed by atoms with van der Waals surface area (Å²) in [5, 5.41) is 0. The van der Waals surface area contributed by atoms with E-state index in [0.29, 0.717) is 0 Å². The number of aliphatic imine (C=N–C) groups is 1. The van der Waals surface area contributed by atoms with Crippen molar-refractivity contribution in [3.8, 4) is 0 Å². The Morgan fingerprint density at radius 1 is 1.24 bits per heavy atom. The number of rotatable bonds is 2. The summed E-state index contributed by atoms with van der Waals surface area (Å²) in [5.41, 5.74) is 4.08. The van der Waals surface area contributed by atoms with E-state index in [1.165, 1.54) is 16.7 Å². The summed E-state index contributed by atoms with van der Waals surface area (Å²) < 4.78 is 0. The van der Waals surface area contributed by atoms with Crippen molar-refractivity contribution >= 4 is 11.9 Å². The molecule has 0 aromatic heterocycles. The van der Waals surface area contributed by atoms with Gasteiger partial charge in [-0.15, -0.1) is 0 Å². The Morgan fingerprint density at radius 2 is 2.00 bits per heavy atom. The second-order valence-corrected chi connectivity index (χ2v) is 7.12. The molecule has 2 nitrogen and oxygen atoms in total. The lowest BCUT2D eigenvalue weighted by Gasteiger charge is -2.42. The molecule has 2 heteroatoms. The Morgan fingerprint density at radius 3 is 2.71 bits per heavy atom. The molecular formula is C19H24N2. The zero-order valence-electron chi connectivity index (χ0n) is 13.6. The molecule has 0 bridgehead atoms. The van der Waals surface area contributed by atoms with Crippen molar-refractivity contribution in [3.63, 3.8) is 0 Å². The lowest BCUT2D eigenvalue weighted by Crippen LogP contribution is -2.46. The van der Waals surface area contributed by atoms with Crippen LogP contribution >= 0.6 is 0 Å². The fraction of sp³-hybridized carbons (Fsp3) is 0.421. The average Bonchev–Trinajstić information content (AvgIpc) is 2.46. The minimum Gasteiger partial charge on any atom is -0.323 e. The summed E-state index contributed by atoms with van der Waals surface area (Å²) in [7, 11) is 0. The minimum atomic E-state index is -0.0330. The summed E-state index contributed by atoms with van der Waals surface area (Å²) in [4.78, 5) is 6.99. The molecule has 1 aromatic rings. The van der Waals surface area contributed by atoms with Crippen LogP contribution in [0.2, 0.25) is 0 Å². The Hall–Kier alpha value is -1.83. The van der Waals surface area contributed by atoms with Gasteiger partial charge in [-0.3, -0.25) is 0 Å². The van der Waals surface area contributed by atoms with Crippen LogP contribution < -0.4 is 0 Å². The predicted octanol–water partition coefficient (Wildman–Crippen LogP) is 4.71. The summed E-state index contributed by atoms with van der Waals surface area (Å²) in [6.45, 7) is 11.3. The summed E-state index contributed by atoms with van der Waals surface area (Å²) in [6, 6.07) is 6.61. The van der Waals surface area contributed by atoms with Gasteiger partial charge in [0.15, 0.2) is 0 Å². The summed E-state index contributed by atoms with van der Waals surface area (Å²) in [6.07, 6.45) is 9.58. The lowest BCUT2D eigenvalue weighted by atomic mass is 9.77. The van der Waals surface area contributed by atoms with Crippen LogP contribution in [0.1, 0.15) is 57.7 Å². The molecule has 0 fully saturated rings. The fourth-order valence-corrected chi connectivity index (χ4v) is 3.02. The number of fused-ring (bicyclic) bond motifs is 3. The van der Waals surface area contributed by atoms with E-state index < -0.39 is 0 Å². The van der Waals surface area contributed by atoms with E-state index in [-0.39, 0.29) is 11.0 Å². The van der Waals surface area contributed by atoms with Crippen LogP contribution in [0.5, 0.6) is 0 Å². The quantitative estimate of drug-likeness (QED) is 0.766. The predicted molar refractivity (Wildman–Crippen MR) is 90.4 cm³/mol. The molecule has 0 radical (unpaired) electrons. The maximum absolute atomic E-state index is 4.71. The topological polar surface area (TPSA) is 15.6 Å². The molecule has 0 N–H and O–H groups in total. The van der Waals surface area contributed by atoms with Gasteiger partial charge in [0, 0.05) is 18.0 Å². The van der Waals surface area contributed by atoms with E-state index in [4.69, 9.17) is 4.99 Å². The van der Waals surface area contributed by atoms with Gasteiger partial charge in [-0.25, -0.2) is 4.99 Å². The van der Waals surface area contributed by atoms with Gasteiger partial charge in [-0.1, -0.05) is 39.0 Å². The summed E-state index contributed by atoms with van der Waals surface area (Å²) >= 11 is 0. The normalized spacial score (nSPS) is 19.1. The lowest BCUT2D eigenvalue weighted by molar-refractivity contribution is 0.348. The Labute approximate surface area is 127 Å². The van der Waals surface area contributed by atoms with Crippen LogP contribution in [-0.4, -0.2) is 16.3 Å². The number of hydrogen-bond donors (Lipinski definition) is 0. The van der Waals surface area contributed by atoms with Crippen LogP contribution in [0.3, 0.4) is 0 Å². The molecular weight excluding hydrogens is 256 g/mol. The standard InChI is InChI=1S/C19H24N2/c1-6-18(2,3)15-9-7-8-14-10-13-21-17(16(14)15)20-12-11-19(21,4)5/h7-13H,6H2,1-5H3. The summed E-state index contributed by atoms with van der Waals surface area (Å²) in [5.74, 6) is 1.08. The second-order valence-electron chi connectivity index (χ2n) is 7.12. The van der Waals surface area contributed by atoms with Gasteiger partial charge in [0.2, 0.25) is 0 Å². The Kier molecular flexibility index (Phi) is 3.09. The smallest absolute Gasteiger partial charge is 0.141 e. The van der Waals surface area contributed by atoms with Crippen molar-refractivity contribution in [2.24, 2.45) is 4.99 Å². The molecule has 2 aliphatic rings. The highest BCUT2D eigenvalue weighted by atomic mass is 15.2. The maximum Gasteiger partial charge on any atom is 0.141 e. The van der Waals surface area contributed by atoms with Crippen LogP contribution in [0.15, 0.2) is 41.7 Å². The molecule has 2 heterocycles. The molecule has 0 amide bonds. The molecule has 0 saturated carbocycles. The van der Waals surface area contributed by atoms with Crippen molar-refractivity contribution in [2.75, 3.05) is 0 Å². The number of hydrogen-bond acceptors (Lipinski definition) is 2. The third-order valence-corrected chi connectivity index (χ3v) is 4.86. The first kappa shape index (κ1) is 14.1. The highest BCUT2D eigenvalue weighted by Gasteiger charge is 2.35. The maximum atomic E-state index is 4.71. The van der Waals surface area contributed by atoms with Gasteiger partial charge < -0.3 is 4.90 Å². The molecule has 110 valence electrons. The Balaban J connectivity index is 2.25. The molecule has 0 atom stereocenters. The van der Waals surface area contributed by atoms with Gasteiger partial charge in [0.25, 0.3) is 0 Å². The molecule has 2 aliphatic heterocycles. The zero-order valence-corrected chi connectivity index (χ0v) is 13.6. The van der Waals surface area contributed by atoms with E-state index in [1.54, 1.807) is 0 Å². The molecule has 21 heavy (non-hydrogen) atoms. The van der Waals surface area contributed by atoms with E-state index in [1.807, 2.05) is 6.20 Å². The fourth-order valence-electron chi connectivity index (χ4n) is 3.02. The molecule has 0 aliphatic carbocycles. The van der Waals surface area contributed by atoms with Crippen LogP contribution in [0, 0.1) is 0 Å². The van der Waals surface area contributed by atoms with Crippen molar-refractivity contribution in [3.05, 3.63) is 53.4 Å². The van der Waals surface area contributed by atoms with Gasteiger partial charge in [-0.2, -0.15) is 0 Å². The van der Waals surface area contributed by atoms with E-state index >= 15 is 0 Å². The minimum absolute atomic E-state index is 0.0330. The van der Waals surface area contributed by atoms with Crippen LogP contribution in [-0.2, 0) is 5.41 Å². The van der Waals surface area contributed by atoms with Gasteiger partial charge in [-0.05, 0) is 49.0 Å². The van der Waals surface area contributed by atoms with Gasteiger partial charge in [0.05, 0.1) is 5.54 Å². The number of amidine groups is 1. The first-order chi connectivity index (χ1) is 9.87. The molecule has 0 unspecified atom stereocenters. The highest BCUT2D eigenvalue weighted by molar-refractivity contribution is 6.07. The van der Waals surface area contributed by atoms with Crippen molar-refractivity contribution in [1.29, 1.82) is 0 Å². The second kappa shape index (κ2) is 4.59. The van der Waals surface area contributed by atoms with Crippen LogP contribution in [0.25, 0.3) is 6.08 Å². The molecule has 0 saturated heterocycles. The third-order valence-electron chi connectivity index (χ3n) is 4.86. The van der Waals surface area contributed by atoms with Crippen molar-refractivity contribution in [2.45, 2.75) is 52.0 Å². The van der Waals surface area contributed by atoms with Crippen LogP contribution in [0.4, 0.5) is 0 Å². The largest absolute Gasteiger partial charge is 0.323 e. The Bertz CT molecular complexity index is 660. The molecule has 0 spiro atoms. The van der Waals surface area contributed by atoms with Gasteiger partial charge >= 0.3 is 0 Å². The highest BCUT2D eigenvalue weighted by Crippen LogP contribution is 2.37. The SMILES string of the molecule is CCC(C)(C)c1cccc2c1C1=NC=CC(C)(C)N1C=C2. The average molecular weight is 280 g/mol. The molecule has 1 aromatic carbocycles.